The van der Waals surface area contributed by atoms with Gasteiger partial charge in [-0.2, -0.15) is 0 Å². The van der Waals surface area contributed by atoms with Gasteiger partial charge in [0.05, 0.1) is 0 Å². The average molecular weight is 190 g/mol. The van der Waals surface area contributed by atoms with Crippen LogP contribution in [0.1, 0.15) is 0 Å². The molecule has 0 fully saturated rings. The molecule has 0 spiro atoms. The Hall–Kier alpha value is 1.97. The second-order valence-corrected chi connectivity index (χ2v) is 9.02. The van der Waals surface area contributed by atoms with Crippen LogP contribution in [0.15, 0.2) is 0 Å². The molecule has 0 saturated carbocycles. The molecule has 0 aromatic heterocycles. The zero-order valence-electron chi connectivity index (χ0n) is 2.23. The van der Waals surface area contributed by atoms with E-state index in [9.17, 15) is 0 Å². The standard InChI is InChI=1S/Fe.Mn.H3Si.Ti/h;;1H3;. The summed E-state index contributed by atoms with van der Waals surface area (Å²) in [4.78, 5) is 0. The van der Waals surface area contributed by atoms with Crippen LogP contribution in [-0.4, -0.2) is 8.11 Å². The van der Waals surface area contributed by atoms with E-state index in [4.69, 9.17) is 0 Å². The first-order chi connectivity index (χ1) is 1.41. The van der Waals surface area contributed by atoms with E-state index in [2.05, 4.69) is 13.2 Å². The molecule has 0 N–H and O–H groups in total. The van der Waals surface area contributed by atoms with Crippen molar-refractivity contribution in [2.24, 2.45) is 0 Å². The van der Waals surface area contributed by atoms with E-state index in [0.29, 0.717) is 16.3 Å². The molecule has 0 amide bonds. The van der Waals surface area contributed by atoms with Crippen LogP contribution in [0.5, 0.6) is 0 Å². The Kier molecular flexibility index (Phi) is 20.8. The van der Waals surface area contributed by atoms with Gasteiger partial charge in [0.25, 0.3) is 0 Å². The van der Waals surface area contributed by atoms with Crippen molar-refractivity contribution >= 4 is 8.11 Å². The van der Waals surface area contributed by atoms with Crippen LogP contribution >= 0.6 is 0 Å². The van der Waals surface area contributed by atoms with Crippen molar-refractivity contribution in [1.82, 2.24) is 0 Å². The summed E-state index contributed by atoms with van der Waals surface area (Å²) in [6.07, 6.45) is 0. The topological polar surface area (TPSA) is 0 Å². The molecule has 0 heterocycles. The van der Waals surface area contributed by atoms with Gasteiger partial charge in [-0.1, -0.05) is 0 Å². The van der Waals surface area contributed by atoms with Crippen LogP contribution in [0, 0.1) is 0 Å². The Morgan fingerprint density at radius 1 is 1.75 bits per heavy atom. The molecule has 4 heteroatoms. The van der Waals surface area contributed by atoms with Crippen molar-refractivity contribution in [3.8, 4) is 0 Å². The van der Waals surface area contributed by atoms with Crippen molar-refractivity contribution in [3.05, 3.63) is 0 Å². The Morgan fingerprint density at radius 3 is 1.75 bits per heavy atom. The first-order valence-electron chi connectivity index (χ1n) is 0.677. The van der Waals surface area contributed by atoms with E-state index < -0.39 is 0 Å². The Balaban J connectivity index is 0. The summed E-state index contributed by atoms with van der Waals surface area (Å²) in [6.45, 7) is 0. The third kappa shape index (κ3) is 9.02. The van der Waals surface area contributed by atoms with Crippen molar-refractivity contribution in [1.29, 1.82) is 0 Å². The van der Waals surface area contributed by atoms with Gasteiger partial charge in [0, 0.05) is 17.1 Å². The zero-order chi connectivity index (χ0) is 2.71. The summed E-state index contributed by atoms with van der Waals surface area (Å²) >= 11 is 4.06. The zero-order valence-corrected chi connectivity index (χ0v) is 8.08. The Morgan fingerprint density at radius 2 is 1.75 bits per heavy atom. The summed E-state index contributed by atoms with van der Waals surface area (Å²) in [7, 11) is 1.38. The monoisotopic (exact) mass is 190 g/mol. The van der Waals surface area contributed by atoms with E-state index in [1.165, 1.54) is 8.11 Å². The summed E-state index contributed by atoms with van der Waals surface area (Å²) in [6, 6.07) is 0. The first-order valence-corrected chi connectivity index (χ1v) is 9.19. The average Bonchev–Trinajstić information content (AvgIpc) is 0.918. The number of hydrogen-bond donors (Lipinski definition) is 0. The summed E-state index contributed by atoms with van der Waals surface area (Å²) in [5.41, 5.74) is 0. The summed E-state index contributed by atoms with van der Waals surface area (Å²) < 4.78 is 0. The molecule has 0 rings (SSSR count). The molecule has 0 aliphatic heterocycles. The van der Waals surface area contributed by atoms with Gasteiger partial charge in [0.15, 0.2) is 0 Å². The molecule has 0 aliphatic carbocycles. The van der Waals surface area contributed by atoms with Gasteiger partial charge in [-0.15, -0.1) is 0 Å². The van der Waals surface area contributed by atoms with Crippen LogP contribution in [0.3, 0.4) is 0 Å². The number of rotatable bonds is 0. The van der Waals surface area contributed by atoms with Gasteiger partial charge in [-0.25, -0.2) is 0 Å². The second kappa shape index (κ2) is 8.88. The van der Waals surface area contributed by atoms with Gasteiger partial charge >= 0.3 is 37.6 Å². The fourth-order valence-electron chi connectivity index (χ4n) is 0. The molecular formula is H3FeMnSiTi. The van der Waals surface area contributed by atoms with E-state index in [1.54, 1.807) is 0 Å². The minimum atomic E-state index is 0. The van der Waals surface area contributed by atoms with Crippen molar-refractivity contribution in [2.45, 2.75) is 0 Å². The molecule has 0 unspecified atom stereocenters. The fourth-order valence-corrected chi connectivity index (χ4v) is 0. The molecule has 0 aliphatic rings. The first kappa shape index (κ1) is 9.36. The SMILES string of the molecule is [Mn].[SiH3][Ti][Fe]. The van der Waals surface area contributed by atoms with Crippen molar-refractivity contribution in [3.63, 3.8) is 0 Å². The van der Waals surface area contributed by atoms with E-state index in [0.717, 1.165) is 0 Å². The van der Waals surface area contributed by atoms with Crippen LogP contribution in [0.25, 0.3) is 0 Å². The maximum absolute atomic E-state index is 3.67. The van der Waals surface area contributed by atoms with Gasteiger partial charge < -0.3 is 0 Å². The molecule has 0 aromatic rings. The minimum absolute atomic E-state index is 0. The van der Waals surface area contributed by atoms with Gasteiger partial charge in [0.2, 0.25) is 0 Å². The molecule has 0 bridgehead atoms. The third-order valence-electron chi connectivity index (χ3n) is 0. The van der Waals surface area contributed by atoms with E-state index in [-0.39, 0.29) is 17.1 Å². The molecular weight excluding hydrogens is 187 g/mol. The predicted octanol–water partition coefficient (Wildman–Crippen LogP) is -1.19. The fraction of sp³-hybridized carbons (Fsp3) is 0. The normalized spacial score (nSPS) is 4.25. The van der Waals surface area contributed by atoms with Crippen molar-refractivity contribution < 1.29 is 46.6 Å². The quantitative estimate of drug-likeness (QED) is 0.421. The van der Waals surface area contributed by atoms with Crippen LogP contribution < -0.4 is 0 Å². The molecule has 0 nitrogen and oxygen atoms in total. The molecule has 1 radical (unpaired) electrons. The third-order valence-corrected chi connectivity index (χ3v) is 0. The van der Waals surface area contributed by atoms with Gasteiger partial charge in [0.1, 0.15) is 0 Å². The molecule has 0 atom stereocenters. The Bertz CT molecular complexity index is 8.00. The molecule has 26 valence electrons. The maximum atomic E-state index is 3.67. The molecule has 0 saturated heterocycles. The van der Waals surface area contributed by atoms with Crippen LogP contribution in [0.2, 0.25) is 0 Å². The summed E-state index contributed by atoms with van der Waals surface area (Å²) in [5, 5.41) is 0. The number of hydrogen-bond acceptors (Lipinski definition) is 0. The van der Waals surface area contributed by atoms with Crippen LogP contribution in [-0.2, 0) is 46.6 Å². The molecule has 4 heavy (non-hydrogen) atoms. The Labute approximate surface area is 54.2 Å². The van der Waals surface area contributed by atoms with Crippen LogP contribution in [0.4, 0.5) is 0 Å². The molecule has 0 aromatic carbocycles. The predicted molar refractivity (Wildman–Crippen MR) is 9.94 cm³/mol. The van der Waals surface area contributed by atoms with E-state index >= 15 is 0 Å². The second-order valence-electron chi connectivity index (χ2n) is 0.177. The van der Waals surface area contributed by atoms with Gasteiger partial charge in [-0.05, 0) is 0 Å². The van der Waals surface area contributed by atoms with Gasteiger partial charge in [-0.3, -0.25) is 0 Å². The van der Waals surface area contributed by atoms with E-state index in [1.807, 2.05) is 0 Å². The van der Waals surface area contributed by atoms with Crippen molar-refractivity contribution in [2.75, 3.05) is 0 Å². The summed E-state index contributed by atoms with van der Waals surface area (Å²) in [5.74, 6) is 0.